The molecule has 4 aliphatic rings. The minimum Gasteiger partial charge on any atom is -0.507 e. The van der Waals surface area contributed by atoms with Crippen molar-refractivity contribution in [3.63, 3.8) is 0 Å². The third-order valence-corrected chi connectivity index (χ3v) is 8.66. The predicted molar refractivity (Wildman–Crippen MR) is 137 cm³/mol. The Balaban J connectivity index is 1.60. The van der Waals surface area contributed by atoms with Gasteiger partial charge in [-0.25, -0.2) is 0 Å². The number of Topliss-reactive ketones (excluding diaryl/α,β-unsaturated/α-hetero) is 4. The number of primary amides is 1. The Morgan fingerprint density at radius 3 is 2.45 bits per heavy atom. The summed E-state index contributed by atoms with van der Waals surface area (Å²) in [6, 6.07) is 1.99. The lowest BCUT2D eigenvalue weighted by atomic mass is 9.52. The van der Waals surface area contributed by atoms with Gasteiger partial charge in [-0.3, -0.25) is 28.9 Å². The number of aromatic hydroxyl groups is 1. The first-order chi connectivity index (χ1) is 17.9. The molecule has 0 heterocycles. The van der Waals surface area contributed by atoms with Crippen molar-refractivity contribution in [3.05, 3.63) is 58.2 Å². The largest absolute Gasteiger partial charge is 0.507 e. The van der Waals surface area contributed by atoms with E-state index in [1.165, 1.54) is 11.0 Å². The quantitative estimate of drug-likeness (QED) is 0.502. The molecule has 0 bridgehead atoms. The number of fused-ring (bicyclic) bond motifs is 3. The molecule has 4 aliphatic carbocycles. The third-order valence-electron chi connectivity index (χ3n) is 8.66. The fourth-order valence-electron chi connectivity index (χ4n) is 6.81. The summed E-state index contributed by atoms with van der Waals surface area (Å²) in [5, 5.41) is 22.3. The fraction of sp³-hybridized carbons (Fsp3) is 0.414. The lowest BCUT2D eigenvalue weighted by Crippen LogP contribution is -2.74. The molecule has 198 valence electrons. The van der Waals surface area contributed by atoms with E-state index in [2.05, 4.69) is 6.08 Å². The number of phenols is 1. The van der Waals surface area contributed by atoms with Gasteiger partial charge in [0.2, 0.25) is 5.91 Å². The van der Waals surface area contributed by atoms with Gasteiger partial charge in [-0.2, -0.15) is 0 Å². The summed E-state index contributed by atoms with van der Waals surface area (Å²) in [7, 11) is 3.12. The zero-order valence-corrected chi connectivity index (χ0v) is 21.4. The number of rotatable bonds is 4. The minimum atomic E-state index is -2.72. The van der Waals surface area contributed by atoms with Crippen molar-refractivity contribution in [2.75, 3.05) is 14.1 Å². The Labute approximate surface area is 219 Å². The van der Waals surface area contributed by atoms with E-state index < -0.39 is 64.4 Å². The van der Waals surface area contributed by atoms with Gasteiger partial charge in [0.15, 0.2) is 34.7 Å². The molecule has 1 aromatic carbocycles. The van der Waals surface area contributed by atoms with Crippen molar-refractivity contribution in [2.45, 2.75) is 37.8 Å². The summed E-state index contributed by atoms with van der Waals surface area (Å²) in [4.78, 5) is 67.6. The van der Waals surface area contributed by atoms with Crippen LogP contribution in [-0.4, -0.2) is 69.9 Å². The molecular formula is C29H30N2O7. The summed E-state index contributed by atoms with van der Waals surface area (Å²) in [5.74, 6) is -10.4. The van der Waals surface area contributed by atoms with E-state index in [-0.39, 0.29) is 24.2 Å². The topological polar surface area (TPSA) is 155 Å². The molecule has 9 nitrogen and oxygen atoms in total. The SMILES string of the molecule is CC1=C(/C=C/c2ccc(O)c3c2C[C@H]2C[C@H]4[C@H](N(C)C)C(=O)C(C(N)=O)C(=O)[C@@]4(O)C(=O)C2C3=O)CC=C1. The van der Waals surface area contributed by atoms with Crippen LogP contribution in [0.1, 0.15) is 41.3 Å². The molecule has 0 saturated heterocycles. The van der Waals surface area contributed by atoms with Crippen LogP contribution in [0.4, 0.5) is 0 Å². The number of benzene rings is 1. The first-order valence-corrected chi connectivity index (χ1v) is 12.6. The van der Waals surface area contributed by atoms with Gasteiger partial charge in [0.1, 0.15) is 5.75 Å². The van der Waals surface area contributed by atoms with Crippen LogP contribution in [-0.2, 0) is 25.6 Å². The van der Waals surface area contributed by atoms with Crippen LogP contribution in [0.25, 0.3) is 6.08 Å². The van der Waals surface area contributed by atoms with Crippen molar-refractivity contribution in [1.82, 2.24) is 4.90 Å². The van der Waals surface area contributed by atoms with Gasteiger partial charge in [0, 0.05) is 5.92 Å². The highest BCUT2D eigenvalue weighted by molar-refractivity contribution is 6.32. The molecule has 2 saturated carbocycles. The Morgan fingerprint density at radius 1 is 1.13 bits per heavy atom. The van der Waals surface area contributed by atoms with Crippen LogP contribution >= 0.6 is 0 Å². The number of allylic oxidation sites excluding steroid dienone is 5. The second-order valence-electron chi connectivity index (χ2n) is 11.0. The maximum Gasteiger partial charge on any atom is 0.235 e. The smallest absolute Gasteiger partial charge is 0.235 e. The van der Waals surface area contributed by atoms with E-state index in [1.807, 2.05) is 25.2 Å². The Hall–Kier alpha value is -3.69. The second-order valence-corrected chi connectivity index (χ2v) is 11.0. The number of aliphatic hydroxyl groups is 1. The molecule has 0 aliphatic heterocycles. The number of nitrogens with zero attached hydrogens (tertiary/aromatic N) is 1. The fourth-order valence-corrected chi connectivity index (χ4v) is 6.81. The highest BCUT2D eigenvalue weighted by Crippen LogP contribution is 2.51. The highest BCUT2D eigenvalue weighted by Gasteiger charge is 2.69. The van der Waals surface area contributed by atoms with E-state index in [9.17, 15) is 34.2 Å². The van der Waals surface area contributed by atoms with E-state index in [0.29, 0.717) is 5.56 Å². The number of phenolic OH excluding ortho intramolecular Hbond substituents is 1. The predicted octanol–water partition coefficient (Wildman–Crippen LogP) is 1.16. The van der Waals surface area contributed by atoms with Crippen LogP contribution < -0.4 is 5.73 Å². The van der Waals surface area contributed by atoms with Crippen LogP contribution in [0.2, 0.25) is 0 Å². The monoisotopic (exact) mass is 518 g/mol. The number of carbonyl (C=O) groups is 5. The minimum absolute atomic E-state index is 0.00556. The summed E-state index contributed by atoms with van der Waals surface area (Å²) < 4.78 is 0. The molecule has 6 atom stereocenters. The lowest BCUT2D eigenvalue weighted by molar-refractivity contribution is -0.181. The number of nitrogens with two attached hydrogens (primary N) is 1. The first kappa shape index (κ1) is 25.9. The average molecular weight is 519 g/mol. The van der Waals surface area contributed by atoms with E-state index in [1.54, 1.807) is 20.2 Å². The molecule has 0 aromatic heterocycles. The molecule has 5 rings (SSSR count). The number of ketones is 4. The number of amides is 1. The number of likely N-dealkylation sites (N-methyl/N-ethyl adjacent to an activating group) is 1. The van der Waals surface area contributed by atoms with Crippen LogP contribution in [0.5, 0.6) is 5.75 Å². The summed E-state index contributed by atoms with van der Waals surface area (Å²) >= 11 is 0. The molecule has 2 unspecified atom stereocenters. The molecule has 38 heavy (non-hydrogen) atoms. The second kappa shape index (κ2) is 8.96. The summed E-state index contributed by atoms with van der Waals surface area (Å²) in [6.07, 6.45) is 8.99. The molecule has 1 amide bonds. The number of hydrogen-bond donors (Lipinski definition) is 3. The third kappa shape index (κ3) is 3.56. The standard InChI is InChI=1S/C29H30N2O7/c1-13-5-4-6-14(13)7-8-15-9-10-19(32)21-17(15)11-16-12-18-23(31(2)3)25(34)22(28(30)37)27(36)29(18,38)26(35)20(16)24(21)33/h4-5,7-10,16,18,20,22-23,32,38H,6,11-12H2,1-3H3,(H2,30,37)/b8-7+/t16-,18-,20?,22?,23-,29-/m0/s1. The Morgan fingerprint density at radius 2 is 1.84 bits per heavy atom. The Bertz CT molecular complexity index is 1400. The van der Waals surface area contributed by atoms with E-state index in [0.717, 1.165) is 23.1 Å². The molecule has 2 fully saturated rings. The van der Waals surface area contributed by atoms with Gasteiger partial charge in [-0.1, -0.05) is 30.4 Å². The van der Waals surface area contributed by atoms with Crippen LogP contribution in [0.15, 0.2) is 41.5 Å². The van der Waals surface area contributed by atoms with Crippen molar-refractivity contribution in [3.8, 4) is 5.75 Å². The van der Waals surface area contributed by atoms with Crippen LogP contribution in [0, 0.1) is 23.7 Å². The van der Waals surface area contributed by atoms with Crippen LogP contribution in [0.3, 0.4) is 0 Å². The molecule has 1 aromatic rings. The van der Waals surface area contributed by atoms with Crippen molar-refractivity contribution >= 4 is 35.1 Å². The van der Waals surface area contributed by atoms with E-state index in [4.69, 9.17) is 5.73 Å². The van der Waals surface area contributed by atoms with Gasteiger partial charge in [0.05, 0.1) is 17.5 Å². The summed E-state index contributed by atoms with van der Waals surface area (Å²) in [5.41, 5.74) is 6.19. The normalized spacial score (nSPS) is 32.7. The van der Waals surface area contributed by atoms with Crippen molar-refractivity contribution in [2.24, 2.45) is 29.4 Å². The number of carbonyl (C=O) groups excluding carboxylic acids is 5. The highest BCUT2D eigenvalue weighted by atomic mass is 16.3. The lowest BCUT2D eigenvalue weighted by Gasteiger charge is -2.52. The van der Waals surface area contributed by atoms with Gasteiger partial charge in [-0.15, -0.1) is 0 Å². The molecule has 0 radical (unpaired) electrons. The number of hydrogen-bond acceptors (Lipinski definition) is 8. The van der Waals surface area contributed by atoms with Gasteiger partial charge >= 0.3 is 0 Å². The molecule has 9 heteroatoms. The van der Waals surface area contributed by atoms with Gasteiger partial charge in [-0.05, 0) is 74.5 Å². The first-order valence-electron chi connectivity index (χ1n) is 12.6. The maximum atomic E-state index is 13.8. The summed E-state index contributed by atoms with van der Waals surface area (Å²) in [6.45, 7) is 2.01. The maximum absolute atomic E-state index is 13.8. The molecular weight excluding hydrogens is 488 g/mol. The molecule has 4 N–H and O–H groups in total. The zero-order valence-electron chi connectivity index (χ0n) is 21.4. The van der Waals surface area contributed by atoms with E-state index >= 15 is 0 Å². The average Bonchev–Trinajstić information content (AvgIpc) is 3.25. The molecule has 0 spiro atoms. The Kier molecular flexibility index (Phi) is 6.11. The van der Waals surface area contributed by atoms with Gasteiger partial charge < -0.3 is 15.9 Å². The van der Waals surface area contributed by atoms with Gasteiger partial charge in [0.25, 0.3) is 0 Å². The van der Waals surface area contributed by atoms with Crippen molar-refractivity contribution in [1.29, 1.82) is 0 Å². The zero-order chi connectivity index (χ0) is 27.7. The van der Waals surface area contributed by atoms with Crippen molar-refractivity contribution < 1.29 is 34.2 Å².